The van der Waals surface area contributed by atoms with E-state index in [2.05, 4.69) is 4.72 Å². The lowest BCUT2D eigenvalue weighted by Crippen LogP contribution is -2.30. The van der Waals surface area contributed by atoms with Crippen LogP contribution in [0.1, 0.15) is 25.7 Å². The highest BCUT2D eigenvalue weighted by Crippen LogP contribution is 2.34. The second-order valence-corrected chi connectivity index (χ2v) is 7.07. The van der Waals surface area contributed by atoms with Gasteiger partial charge < -0.3 is 4.74 Å². The van der Waals surface area contributed by atoms with E-state index >= 15 is 0 Å². The lowest BCUT2D eigenvalue weighted by atomic mass is 10.2. The van der Waals surface area contributed by atoms with E-state index < -0.39 is 10.0 Å². The maximum absolute atomic E-state index is 12.3. The molecular weight excluding hydrogens is 308 g/mol. The maximum atomic E-state index is 12.3. The maximum Gasteiger partial charge on any atom is 0.240 e. The molecular formula is C14H16N2O5S. The highest BCUT2D eigenvalue weighted by molar-refractivity contribution is 7.89. The van der Waals surface area contributed by atoms with Gasteiger partial charge in [0.25, 0.3) is 0 Å². The van der Waals surface area contributed by atoms with Crippen molar-refractivity contribution >= 4 is 27.5 Å². The molecule has 2 aliphatic rings. The number of rotatable bonds is 5. The van der Waals surface area contributed by atoms with E-state index in [-0.39, 0.29) is 47.0 Å². The van der Waals surface area contributed by atoms with Gasteiger partial charge in [0, 0.05) is 18.9 Å². The van der Waals surface area contributed by atoms with Crippen LogP contribution in [0.5, 0.6) is 5.75 Å². The van der Waals surface area contributed by atoms with Crippen LogP contribution in [0.2, 0.25) is 0 Å². The predicted octanol–water partition coefficient (Wildman–Crippen LogP) is 0.789. The number of hydrogen-bond donors (Lipinski definition) is 1. The number of ether oxygens (including phenoxy) is 1. The number of imide groups is 1. The molecule has 1 saturated carbocycles. The molecule has 1 saturated heterocycles. The number of sulfonamides is 1. The Labute approximate surface area is 128 Å². The zero-order chi connectivity index (χ0) is 15.9. The topological polar surface area (TPSA) is 92.8 Å². The summed E-state index contributed by atoms with van der Waals surface area (Å²) in [6.07, 6.45) is 1.90. The first-order valence-electron chi connectivity index (χ1n) is 6.98. The van der Waals surface area contributed by atoms with Crippen LogP contribution in [-0.2, 0) is 19.6 Å². The van der Waals surface area contributed by atoms with Gasteiger partial charge in [-0.3, -0.25) is 9.59 Å². The molecule has 1 N–H and O–H groups in total. The zero-order valence-electron chi connectivity index (χ0n) is 12.0. The molecule has 1 aliphatic heterocycles. The van der Waals surface area contributed by atoms with Gasteiger partial charge in [-0.15, -0.1) is 0 Å². The molecule has 1 aliphatic carbocycles. The van der Waals surface area contributed by atoms with Crippen molar-refractivity contribution in [3.63, 3.8) is 0 Å². The first-order valence-corrected chi connectivity index (χ1v) is 8.47. The van der Waals surface area contributed by atoms with E-state index in [1.165, 1.54) is 25.3 Å². The molecule has 3 rings (SSSR count). The molecule has 22 heavy (non-hydrogen) atoms. The van der Waals surface area contributed by atoms with Crippen LogP contribution in [0.15, 0.2) is 23.1 Å². The van der Waals surface area contributed by atoms with E-state index in [4.69, 9.17) is 4.74 Å². The molecule has 2 amide bonds. The van der Waals surface area contributed by atoms with E-state index in [0.717, 1.165) is 17.7 Å². The van der Waals surface area contributed by atoms with Gasteiger partial charge in [-0.1, -0.05) is 0 Å². The molecule has 0 bridgehead atoms. The summed E-state index contributed by atoms with van der Waals surface area (Å²) in [5.74, 6) is -0.421. The SMILES string of the molecule is COc1ccc(S(=O)(=O)NC2CC2)cc1N1C(=O)CCC1=O. The quantitative estimate of drug-likeness (QED) is 0.808. The predicted molar refractivity (Wildman–Crippen MR) is 78.1 cm³/mol. The van der Waals surface area contributed by atoms with Crippen molar-refractivity contribution in [3.8, 4) is 5.75 Å². The van der Waals surface area contributed by atoms with E-state index in [0.29, 0.717) is 0 Å². The number of carbonyl (C=O) groups is 2. The van der Waals surface area contributed by atoms with Crippen LogP contribution in [-0.4, -0.2) is 33.4 Å². The molecule has 0 radical (unpaired) electrons. The fraction of sp³-hybridized carbons (Fsp3) is 0.429. The number of carbonyl (C=O) groups excluding carboxylic acids is 2. The highest BCUT2D eigenvalue weighted by Gasteiger charge is 2.34. The first kappa shape index (κ1) is 15.0. The summed E-state index contributed by atoms with van der Waals surface area (Å²) in [5, 5.41) is 0. The molecule has 0 aromatic heterocycles. The number of nitrogens with one attached hydrogen (secondary N) is 1. The van der Waals surface area contributed by atoms with Crippen LogP contribution in [0.3, 0.4) is 0 Å². The third kappa shape index (κ3) is 2.71. The average molecular weight is 324 g/mol. The van der Waals surface area contributed by atoms with Gasteiger partial charge in [0.15, 0.2) is 0 Å². The third-order valence-electron chi connectivity index (χ3n) is 3.65. The molecule has 0 spiro atoms. The molecule has 1 aromatic carbocycles. The molecule has 2 fully saturated rings. The molecule has 8 heteroatoms. The molecule has 1 heterocycles. The molecule has 118 valence electrons. The fourth-order valence-electron chi connectivity index (χ4n) is 2.35. The molecule has 0 unspecified atom stereocenters. The Kier molecular flexibility index (Phi) is 3.65. The summed E-state index contributed by atoms with van der Waals surface area (Å²) in [4.78, 5) is 24.8. The van der Waals surface area contributed by atoms with Gasteiger partial charge in [-0.2, -0.15) is 0 Å². The van der Waals surface area contributed by atoms with Crippen LogP contribution in [0, 0.1) is 0 Å². The van der Waals surface area contributed by atoms with Gasteiger partial charge >= 0.3 is 0 Å². The van der Waals surface area contributed by atoms with Crippen molar-refractivity contribution in [2.45, 2.75) is 36.6 Å². The summed E-state index contributed by atoms with van der Waals surface area (Å²) in [6.45, 7) is 0. The fourth-order valence-corrected chi connectivity index (χ4v) is 3.67. The summed E-state index contributed by atoms with van der Waals surface area (Å²) in [7, 11) is -2.26. The molecule has 0 atom stereocenters. The number of hydrogen-bond acceptors (Lipinski definition) is 5. The number of nitrogens with zero attached hydrogens (tertiary/aromatic N) is 1. The van der Waals surface area contributed by atoms with E-state index in [9.17, 15) is 18.0 Å². The largest absolute Gasteiger partial charge is 0.495 e. The summed E-state index contributed by atoms with van der Waals surface area (Å²) in [6, 6.07) is 4.14. The second kappa shape index (κ2) is 5.36. The monoisotopic (exact) mass is 324 g/mol. The van der Waals surface area contributed by atoms with Crippen molar-refractivity contribution in [3.05, 3.63) is 18.2 Å². The van der Waals surface area contributed by atoms with Crippen LogP contribution >= 0.6 is 0 Å². The molecule has 7 nitrogen and oxygen atoms in total. The van der Waals surface area contributed by atoms with Crippen LogP contribution in [0.4, 0.5) is 5.69 Å². The lowest BCUT2D eigenvalue weighted by Gasteiger charge is -2.18. The standard InChI is InChI=1S/C14H16N2O5S/c1-21-12-5-4-10(22(19,20)15-9-2-3-9)8-11(12)16-13(17)6-7-14(16)18/h4-5,8-9,15H,2-3,6-7H2,1H3. The van der Waals surface area contributed by atoms with Gasteiger partial charge in [0.1, 0.15) is 5.75 Å². The smallest absolute Gasteiger partial charge is 0.240 e. The Morgan fingerprint density at radius 1 is 1.18 bits per heavy atom. The highest BCUT2D eigenvalue weighted by atomic mass is 32.2. The van der Waals surface area contributed by atoms with Gasteiger partial charge in [-0.05, 0) is 31.0 Å². The summed E-state index contributed by atoms with van der Waals surface area (Å²) in [5.41, 5.74) is 0.175. The van der Waals surface area contributed by atoms with E-state index in [1.807, 2.05) is 0 Å². The Morgan fingerprint density at radius 2 is 1.82 bits per heavy atom. The van der Waals surface area contributed by atoms with Crippen molar-refractivity contribution in [1.29, 1.82) is 0 Å². The normalized spacial score (nSPS) is 18.9. The van der Waals surface area contributed by atoms with Crippen molar-refractivity contribution < 1.29 is 22.7 Å². The van der Waals surface area contributed by atoms with E-state index in [1.54, 1.807) is 0 Å². The Balaban J connectivity index is 2.02. The Morgan fingerprint density at radius 3 is 2.36 bits per heavy atom. The van der Waals surface area contributed by atoms with Crippen molar-refractivity contribution in [2.24, 2.45) is 0 Å². The first-order chi connectivity index (χ1) is 10.4. The number of benzene rings is 1. The van der Waals surface area contributed by atoms with Gasteiger partial charge in [-0.25, -0.2) is 18.0 Å². The molecule has 1 aromatic rings. The average Bonchev–Trinajstić information content (AvgIpc) is 3.22. The van der Waals surface area contributed by atoms with Gasteiger partial charge in [0.05, 0.1) is 17.7 Å². The minimum absolute atomic E-state index is 0.0164. The van der Waals surface area contributed by atoms with Crippen LogP contribution < -0.4 is 14.4 Å². The number of methoxy groups -OCH3 is 1. The van der Waals surface area contributed by atoms with Crippen molar-refractivity contribution in [2.75, 3.05) is 12.0 Å². The second-order valence-electron chi connectivity index (χ2n) is 5.35. The third-order valence-corrected chi connectivity index (χ3v) is 5.17. The van der Waals surface area contributed by atoms with Crippen LogP contribution in [0.25, 0.3) is 0 Å². The summed E-state index contributed by atoms with van der Waals surface area (Å²) >= 11 is 0. The lowest BCUT2D eigenvalue weighted by molar-refractivity contribution is -0.121. The number of amides is 2. The summed E-state index contributed by atoms with van der Waals surface area (Å²) < 4.78 is 32.3. The minimum atomic E-state index is -3.66. The Bertz CT molecular complexity index is 724. The van der Waals surface area contributed by atoms with Crippen molar-refractivity contribution in [1.82, 2.24) is 4.72 Å². The van der Waals surface area contributed by atoms with Gasteiger partial charge in [0.2, 0.25) is 21.8 Å². The number of anilines is 1. The minimum Gasteiger partial charge on any atom is -0.495 e. The zero-order valence-corrected chi connectivity index (χ0v) is 12.9. The Hall–Kier alpha value is -1.93.